The van der Waals surface area contributed by atoms with Gasteiger partial charge in [-0.3, -0.25) is 9.89 Å². The summed E-state index contributed by atoms with van der Waals surface area (Å²) in [7, 11) is 0. The topological polar surface area (TPSA) is 52.2 Å². The van der Waals surface area contributed by atoms with Crippen LogP contribution in [-0.2, 0) is 0 Å². The Labute approximate surface area is 134 Å². The summed E-state index contributed by atoms with van der Waals surface area (Å²) >= 11 is 5.96. The molecule has 0 saturated carbocycles. The summed E-state index contributed by atoms with van der Waals surface area (Å²) in [5.74, 6) is 0.0442. The molecular formula is C16H19ClN4O. The molecule has 22 heavy (non-hydrogen) atoms. The highest BCUT2D eigenvalue weighted by Gasteiger charge is 2.24. The van der Waals surface area contributed by atoms with Crippen LogP contribution in [0, 0.1) is 13.8 Å². The zero-order valence-electron chi connectivity index (χ0n) is 12.8. The lowest BCUT2D eigenvalue weighted by Crippen LogP contribution is -2.49. The van der Waals surface area contributed by atoms with Crippen molar-refractivity contribution in [2.24, 2.45) is 0 Å². The molecule has 0 aliphatic carbocycles. The minimum atomic E-state index is 0.0442. The predicted molar refractivity (Wildman–Crippen MR) is 87.6 cm³/mol. The van der Waals surface area contributed by atoms with Crippen LogP contribution >= 0.6 is 11.6 Å². The summed E-state index contributed by atoms with van der Waals surface area (Å²) in [5, 5.41) is 7.85. The van der Waals surface area contributed by atoms with Gasteiger partial charge < -0.3 is 9.80 Å². The van der Waals surface area contributed by atoms with E-state index in [1.165, 1.54) is 0 Å². The summed E-state index contributed by atoms with van der Waals surface area (Å²) in [6.07, 6.45) is 0. The van der Waals surface area contributed by atoms with Crippen molar-refractivity contribution >= 4 is 23.2 Å². The number of anilines is 1. The number of amides is 1. The van der Waals surface area contributed by atoms with E-state index in [1.54, 1.807) is 12.1 Å². The van der Waals surface area contributed by atoms with Gasteiger partial charge in [0.25, 0.3) is 5.91 Å². The van der Waals surface area contributed by atoms with E-state index in [0.717, 1.165) is 30.2 Å². The standard InChI is InChI=1S/C16H19ClN4O/c1-11-15(12(2)19-18-11)20-6-8-21(9-7-20)16(22)13-4-3-5-14(17)10-13/h3-5,10H,6-9H2,1-2H3,(H,18,19). The van der Waals surface area contributed by atoms with Crippen molar-refractivity contribution in [3.8, 4) is 0 Å². The number of nitrogens with zero attached hydrogens (tertiary/aromatic N) is 3. The smallest absolute Gasteiger partial charge is 0.254 e. The molecule has 0 unspecified atom stereocenters. The van der Waals surface area contributed by atoms with Crippen LogP contribution in [0.1, 0.15) is 21.7 Å². The second kappa shape index (κ2) is 6.01. The third-order valence-corrected chi connectivity index (χ3v) is 4.28. The average molecular weight is 319 g/mol. The molecule has 116 valence electrons. The van der Waals surface area contributed by atoms with Crippen LogP contribution in [0.5, 0.6) is 0 Å². The van der Waals surface area contributed by atoms with Gasteiger partial charge in [-0.05, 0) is 32.0 Å². The van der Waals surface area contributed by atoms with Gasteiger partial charge in [0, 0.05) is 36.8 Å². The molecule has 5 nitrogen and oxygen atoms in total. The molecule has 1 aliphatic heterocycles. The molecule has 6 heteroatoms. The first-order chi connectivity index (χ1) is 10.6. The highest BCUT2D eigenvalue weighted by atomic mass is 35.5. The Balaban J connectivity index is 1.68. The largest absolute Gasteiger partial charge is 0.365 e. The lowest BCUT2D eigenvalue weighted by molar-refractivity contribution is 0.0747. The molecule has 1 aliphatic rings. The molecule has 0 atom stereocenters. The Bertz CT molecular complexity index is 670. The number of hydrogen-bond donors (Lipinski definition) is 1. The number of H-pyrrole nitrogens is 1. The summed E-state index contributed by atoms with van der Waals surface area (Å²) < 4.78 is 0. The number of halogens is 1. The monoisotopic (exact) mass is 318 g/mol. The number of aryl methyl sites for hydroxylation is 2. The number of aromatic nitrogens is 2. The minimum Gasteiger partial charge on any atom is -0.365 e. The molecule has 1 fully saturated rings. The lowest BCUT2D eigenvalue weighted by Gasteiger charge is -2.36. The number of benzene rings is 1. The maximum atomic E-state index is 12.5. The molecule has 0 radical (unpaired) electrons. The van der Waals surface area contributed by atoms with Gasteiger partial charge in [0.2, 0.25) is 0 Å². The van der Waals surface area contributed by atoms with Crippen LogP contribution in [0.3, 0.4) is 0 Å². The van der Waals surface area contributed by atoms with E-state index in [1.807, 2.05) is 30.9 Å². The van der Waals surface area contributed by atoms with E-state index in [4.69, 9.17) is 11.6 Å². The van der Waals surface area contributed by atoms with Gasteiger partial charge in [-0.1, -0.05) is 17.7 Å². The SMILES string of the molecule is Cc1n[nH]c(C)c1N1CCN(C(=O)c2cccc(Cl)c2)CC1. The van der Waals surface area contributed by atoms with Gasteiger partial charge in [-0.25, -0.2) is 0 Å². The number of rotatable bonds is 2. The molecule has 0 spiro atoms. The van der Waals surface area contributed by atoms with E-state index in [2.05, 4.69) is 15.1 Å². The van der Waals surface area contributed by atoms with Gasteiger partial charge in [-0.15, -0.1) is 0 Å². The third-order valence-electron chi connectivity index (χ3n) is 4.04. The van der Waals surface area contributed by atoms with Crippen LogP contribution in [0.25, 0.3) is 0 Å². The van der Waals surface area contributed by atoms with E-state index in [9.17, 15) is 4.79 Å². The van der Waals surface area contributed by atoms with E-state index in [0.29, 0.717) is 23.7 Å². The van der Waals surface area contributed by atoms with Crippen molar-refractivity contribution in [2.75, 3.05) is 31.1 Å². The molecule has 1 amide bonds. The molecule has 0 bridgehead atoms. The van der Waals surface area contributed by atoms with Crippen LogP contribution in [0.4, 0.5) is 5.69 Å². The van der Waals surface area contributed by atoms with Gasteiger partial charge in [-0.2, -0.15) is 5.10 Å². The second-order valence-electron chi connectivity index (χ2n) is 5.57. The fourth-order valence-corrected chi connectivity index (χ4v) is 3.14. The van der Waals surface area contributed by atoms with Gasteiger partial charge >= 0.3 is 0 Å². The van der Waals surface area contributed by atoms with Crippen LogP contribution < -0.4 is 4.90 Å². The Morgan fingerprint density at radius 3 is 2.55 bits per heavy atom. The zero-order chi connectivity index (χ0) is 15.7. The first-order valence-corrected chi connectivity index (χ1v) is 7.75. The van der Waals surface area contributed by atoms with E-state index >= 15 is 0 Å². The maximum absolute atomic E-state index is 12.5. The Kier molecular flexibility index (Phi) is 4.07. The molecule has 2 aromatic rings. The molecule has 1 saturated heterocycles. The van der Waals surface area contributed by atoms with Crippen LogP contribution in [0.15, 0.2) is 24.3 Å². The summed E-state index contributed by atoms with van der Waals surface area (Å²) in [4.78, 5) is 16.7. The van der Waals surface area contributed by atoms with Crippen LogP contribution in [0.2, 0.25) is 5.02 Å². The van der Waals surface area contributed by atoms with Crippen molar-refractivity contribution in [2.45, 2.75) is 13.8 Å². The molecule has 1 N–H and O–H groups in total. The minimum absolute atomic E-state index is 0.0442. The van der Waals surface area contributed by atoms with Crippen molar-refractivity contribution in [3.05, 3.63) is 46.2 Å². The zero-order valence-corrected chi connectivity index (χ0v) is 13.5. The van der Waals surface area contributed by atoms with Gasteiger partial charge in [0.1, 0.15) is 0 Å². The van der Waals surface area contributed by atoms with Crippen molar-refractivity contribution in [3.63, 3.8) is 0 Å². The fourth-order valence-electron chi connectivity index (χ4n) is 2.95. The molecular weight excluding hydrogens is 300 g/mol. The number of piperazine rings is 1. The molecule has 1 aromatic heterocycles. The van der Waals surface area contributed by atoms with E-state index in [-0.39, 0.29) is 5.91 Å². The first kappa shape index (κ1) is 14.9. The summed E-state index contributed by atoms with van der Waals surface area (Å²) in [6.45, 7) is 7.06. The number of carbonyl (C=O) groups excluding carboxylic acids is 1. The first-order valence-electron chi connectivity index (χ1n) is 7.37. The number of aromatic amines is 1. The quantitative estimate of drug-likeness (QED) is 0.926. The number of hydrogen-bond acceptors (Lipinski definition) is 3. The fraction of sp³-hybridized carbons (Fsp3) is 0.375. The Hall–Kier alpha value is -2.01. The van der Waals surface area contributed by atoms with Crippen molar-refractivity contribution < 1.29 is 4.79 Å². The molecule has 3 rings (SSSR count). The van der Waals surface area contributed by atoms with Gasteiger partial charge in [0.15, 0.2) is 0 Å². The lowest BCUT2D eigenvalue weighted by atomic mass is 10.1. The molecule has 1 aromatic carbocycles. The maximum Gasteiger partial charge on any atom is 0.254 e. The summed E-state index contributed by atoms with van der Waals surface area (Å²) in [5.41, 5.74) is 3.89. The Morgan fingerprint density at radius 2 is 1.95 bits per heavy atom. The summed E-state index contributed by atoms with van der Waals surface area (Å²) in [6, 6.07) is 7.12. The highest BCUT2D eigenvalue weighted by molar-refractivity contribution is 6.30. The average Bonchev–Trinajstić information content (AvgIpc) is 2.86. The number of nitrogens with one attached hydrogen (secondary N) is 1. The second-order valence-corrected chi connectivity index (χ2v) is 6.01. The number of carbonyl (C=O) groups is 1. The van der Waals surface area contributed by atoms with E-state index < -0.39 is 0 Å². The Morgan fingerprint density at radius 1 is 1.23 bits per heavy atom. The highest BCUT2D eigenvalue weighted by Crippen LogP contribution is 2.23. The molecule has 2 heterocycles. The van der Waals surface area contributed by atoms with Gasteiger partial charge in [0.05, 0.1) is 17.1 Å². The van der Waals surface area contributed by atoms with Crippen molar-refractivity contribution in [1.29, 1.82) is 0 Å². The normalized spacial score (nSPS) is 15.2. The van der Waals surface area contributed by atoms with Crippen molar-refractivity contribution in [1.82, 2.24) is 15.1 Å². The third kappa shape index (κ3) is 2.81. The van der Waals surface area contributed by atoms with Crippen LogP contribution in [-0.4, -0.2) is 47.2 Å². The predicted octanol–water partition coefficient (Wildman–Crippen LogP) is 2.64.